The van der Waals surface area contributed by atoms with Gasteiger partial charge < -0.3 is 4.90 Å². The van der Waals surface area contributed by atoms with Crippen molar-refractivity contribution in [3.63, 3.8) is 0 Å². The van der Waals surface area contributed by atoms with Crippen molar-refractivity contribution >= 4 is 5.91 Å². The number of carbonyl (C=O) groups is 1. The molecule has 1 amide bonds. The molecule has 1 aliphatic heterocycles. The van der Waals surface area contributed by atoms with Crippen molar-refractivity contribution in [3.8, 4) is 0 Å². The van der Waals surface area contributed by atoms with E-state index in [0.29, 0.717) is 0 Å². The molecule has 0 bridgehead atoms. The Morgan fingerprint density at radius 1 is 1.59 bits per heavy atom. The first-order valence-electron chi connectivity index (χ1n) is 5.88. The van der Waals surface area contributed by atoms with Crippen LogP contribution >= 0.6 is 0 Å². The quantitative estimate of drug-likeness (QED) is 0.734. The minimum Gasteiger partial charge on any atom is -0.347 e. The van der Waals surface area contributed by atoms with Crippen molar-refractivity contribution < 1.29 is 4.79 Å². The van der Waals surface area contributed by atoms with Crippen molar-refractivity contribution in [2.24, 2.45) is 7.05 Å². The Labute approximate surface area is 101 Å². The van der Waals surface area contributed by atoms with Crippen LogP contribution in [0.3, 0.4) is 0 Å². The summed E-state index contributed by atoms with van der Waals surface area (Å²) in [4.78, 5) is 15.9. The molecule has 0 saturated carbocycles. The van der Waals surface area contributed by atoms with Crippen molar-refractivity contribution in [2.45, 2.75) is 25.4 Å². The summed E-state index contributed by atoms with van der Waals surface area (Å²) in [5.41, 5.74) is 1.04. The number of hydrogen-bond donors (Lipinski definition) is 0. The maximum absolute atomic E-state index is 12.0. The van der Waals surface area contributed by atoms with Gasteiger partial charge in [-0.1, -0.05) is 5.21 Å². The van der Waals surface area contributed by atoms with E-state index >= 15 is 0 Å². The molecule has 1 unspecified atom stereocenters. The average Bonchev–Trinajstić information content (AvgIpc) is 2.88. The Morgan fingerprint density at radius 3 is 2.94 bits per heavy atom. The van der Waals surface area contributed by atoms with Gasteiger partial charge in [-0.25, -0.2) is 0 Å². The van der Waals surface area contributed by atoms with Crippen molar-refractivity contribution in [3.05, 3.63) is 11.9 Å². The number of likely N-dealkylation sites (tertiary alicyclic amines) is 1. The predicted octanol–water partition coefficient (Wildman–Crippen LogP) is -0.132. The Kier molecular flexibility index (Phi) is 3.42. The molecular formula is C11H19N5O. The van der Waals surface area contributed by atoms with Crippen molar-refractivity contribution in [2.75, 3.05) is 20.6 Å². The smallest absolute Gasteiger partial charge is 0.239 e. The SMILES string of the molecule is CN(C)C(=O)C1CCCN1Cc1cnnn1C. The number of nitrogens with zero attached hydrogens (tertiary/aromatic N) is 5. The molecule has 1 fully saturated rings. The van der Waals surface area contributed by atoms with Gasteiger partial charge in [-0.05, 0) is 19.4 Å². The second-order valence-corrected chi connectivity index (χ2v) is 4.71. The molecular weight excluding hydrogens is 218 g/mol. The lowest BCUT2D eigenvalue weighted by molar-refractivity contribution is -0.133. The van der Waals surface area contributed by atoms with Gasteiger partial charge in [-0.15, -0.1) is 5.10 Å². The van der Waals surface area contributed by atoms with Crippen LogP contribution in [-0.4, -0.2) is 57.4 Å². The highest BCUT2D eigenvalue weighted by Crippen LogP contribution is 2.20. The van der Waals surface area contributed by atoms with Gasteiger partial charge in [0.15, 0.2) is 0 Å². The molecule has 0 aliphatic carbocycles. The van der Waals surface area contributed by atoms with Crippen LogP contribution in [0.15, 0.2) is 6.20 Å². The number of amides is 1. The number of aryl methyl sites for hydroxylation is 1. The molecule has 1 atom stereocenters. The van der Waals surface area contributed by atoms with E-state index in [0.717, 1.165) is 31.6 Å². The summed E-state index contributed by atoms with van der Waals surface area (Å²) in [5, 5.41) is 7.77. The zero-order chi connectivity index (χ0) is 12.4. The van der Waals surface area contributed by atoms with Gasteiger partial charge in [0, 0.05) is 27.7 Å². The molecule has 0 N–H and O–H groups in total. The fraction of sp³-hybridized carbons (Fsp3) is 0.727. The summed E-state index contributed by atoms with van der Waals surface area (Å²) in [6.45, 7) is 1.71. The lowest BCUT2D eigenvalue weighted by Crippen LogP contribution is -2.42. The topological polar surface area (TPSA) is 54.3 Å². The Hall–Kier alpha value is -1.43. The number of likely N-dealkylation sites (N-methyl/N-ethyl adjacent to an activating group) is 1. The maximum atomic E-state index is 12.0. The van der Waals surface area contributed by atoms with Crippen molar-refractivity contribution in [1.29, 1.82) is 0 Å². The van der Waals surface area contributed by atoms with Gasteiger partial charge in [-0.3, -0.25) is 14.4 Å². The molecule has 0 spiro atoms. The summed E-state index contributed by atoms with van der Waals surface area (Å²) >= 11 is 0. The number of carbonyl (C=O) groups excluding carboxylic acids is 1. The zero-order valence-electron chi connectivity index (χ0n) is 10.6. The maximum Gasteiger partial charge on any atom is 0.239 e. The molecule has 6 nitrogen and oxygen atoms in total. The molecule has 1 aromatic heterocycles. The van der Waals surface area contributed by atoms with Crippen molar-refractivity contribution in [1.82, 2.24) is 24.8 Å². The van der Waals surface area contributed by atoms with Crippen LogP contribution in [0.25, 0.3) is 0 Å². The molecule has 0 radical (unpaired) electrons. The van der Waals surface area contributed by atoms with Gasteiger partial charge in [0.05, 0.1) is 17.9 Å². The summed E-state index contributed by atoms with van der Waals surface area (Å²) in [7, 11) is 5.50. The van der Waals surface area contributed by atoms with Gasteiger partial charge in [0.2, 0.25) is 5.91 Å². The third-order valence-corrected chi connectivity index (χ3v) is 3.26. The fourth-order valence-electron chi connectivity index (χ4n) is 2.26. The summed E-state index contributed by atoms with van der Waals surface area (Å²) in [5.74, 6) is 0.192. The minimum absolute atomic E-state index is 0.0138. The van der Waals surface area contributed by atoms with Gasteiger partial charge >= 0.3 is 0 Å². The number of hydrogen-bond acceptors (Lipinski definition) is 4. The molecule has 1 aliphatic rings. The minimum atomic E-state index is 0.0138. The zero-order valence-corrected chi connectivity index (χ0v) is 10.6. The highest BCUT2D eigenvalue weighted by Gasteiger charge is 2.31. The Balaban J connectivity index is 2.05. The standard InChI is InChI=1S/C11H19N5O/c1-14(2)11(17)10-5-4-6-16(10)8-9-7-12-13-15(9)3/h7,10H,4-6,8H2,1-3H3. The molecule has 94 valence electrons. The van der Waals surface area contributed by atoms with E-state index in [9.17, 15) is 4.79 Å². The number of rotatable bonds is 3. The number of aromatic nitrogens is 3. The monoisotopic (exact) mass is 237 g/mol. The van der Waals surface area contributed by atoms with E-state index < -0.39 is 0 Å². The van der Waals surface area contributed by atoms with Crippen LogP contribution < -0.4 is 0 Å². The molecule has 1 saturated heterocycles. The molecule has 2 heterocycles. The van der Waals surface area contributed by atoms with Crippen LogP contribution in [0.1, 0.15) is 18.5 Å². The lowest BCUT2D eigenvalue weighted by atomic mass is 10.2. The first-order valence-corrected chi connectivity index (χ1v) is 5.88. The molecule has 1 aromatic rings. The van der Waals surface area contributed by atoms with Gasteiger partial charge in [0.25, 0.3) is 0 Å². The average molecular weight is 237 g/mol. The first-order chi connectivity index (χ1) is 8.09. The Morgan fingerprint density at radius 2 is 2.35 bits per heavy atom. The van der Waals surface area contributed by atoms with Crippen LogP contribution in [0.5, 0.6) is 0 Å². The highest BCUT2D eigenvalue weighted by atomic mass is 16.2. The summed E-state index contributed by atoms with van der Waals surface area (Å²) in [6, 6.07) is 0.0138. The largest absolute Gasteiger partial charge is 0.347 e. The Bertz CT molecular complexity index is 400. The summed E-state index contributed by atoms with van der Waals surface area (Å²) < 4.78 is 1.76. The fourth-order valence-corrected chi connectivity index (χ4v) is 2.26. The molecule has 2 rings (SSSR count). The van der Waals surface area contributed by atoms with E-state index in [1.165, 1.54) is 0 Å². The molecule has 17 heavy (non-hydrogen) atoms. The third-order valence-electron chi connectivity index (χ3n) is 3.26. The second-order valence-electron chi connectivity index (χ2n) is 4.71. The first kappa shape index (κ1) is 12.0. The highest BCUT2D eigenvalue weighted by molar-refractivity contribution is 5.81. The normalized spacial score (nSPS) is 20.8. The molecule has 6 heteroatoms. The summed E-state index contributed by atoms with van der Waals surface area (Å²) in [6.07, 6.45) is 3.79. The van der Waals surface area contributed by atoms with Crippen LogP contribution in [0, 0.1) is 0 Å². The van der Waals surface area contributed by atoms with Crippen LogP contribution in [-0.2, 0) is 18.4 Å². The molecule has 0 aromatic carbocycles. The third kappa shape index (κ3) is 2.46. The van der Waals surface area contributed by atoms with E-state index in [1.807, 2.05) is 21.1 Å². The van der Waals surface area contributed by atoms with E-state index in [2.05, 4.69) is 15.2 Å². The van der Waals surface area contributed by atoms with Gasteiger partial charge in [-0.2, -0.15) is 0 Å². The van der Waals surface area contributed by atoms with E-state index in [1.54, 1.807) is 15.8 Å². The van der Waals surface area contributed by atoms with Crippen LogP contribution in [0.2, 0.25) is 0 Å². The second kappa shape index (κ2) is 4.83. The van der Waals surface area contributed by atoms with E-state index in [4.69, 9.17) is 0 Å². The van der Waals surface area contributed by atoms with Gasteiger partial charge in [0.1, 0.15) is 0 Å². The predicted molar refractivity (Wildman–Crippen MR) is 63.1 cm³/mol. The lowest BCUT2D eigenvalue weighted by Gasteiger charge is -2.25. The van der Waals surface area contributed by atoms with Crippen LogP contribution in [0.4, 0.5) is 0 Å². The van der Waals surface area contributed by atoms with E-state index in [-0.39, 0.29) is 11.9 Å².